The van der Waals surface area contributed by atoms with Gasteiger partial charge >= 0.3 is 0 Å². The van der Waals surface area contributed by atoms with E-state index in [9.17, 15) is 9.59 Å². The molecule has 0 saturated carbocycles. The van der Waals surface area contributed by atoms with Gasteiger partial charge in [0.25, 0.3) is 5.91 Å². The predicted molar refractivity (Wildman–Crippen MR) is 107 cm³/mol. The largest absolute Gasteiger partial charge is 0.347 e. The number of nitrogens with one attached hydrogen (secondary N) is 2. The van der Waals surface area contributed by atoms with E-state index < -0.39 is 0 Å². The van der Waals surface area contributed by atoms with Crippen LogP contribution in [0.15, 0.2) is 48.5 Å². The number of amides is 2. The number of rotatable bonds is 7. The summed E-state index contributed by atoms with van der Waals surface area (Å²) in [6, 6.07) is 14.4. The van der Waals surface area contributed by atoms with Gasteiger partial charge in [0.1, 0.15) is 0 Å². The molecule has 0 aromatic heterocycles. The third-order valence-corrected chi connectivity index (χ3v) is 4.71. The molecule has 0 heterocycles. The lowest BCUT2D eigenvalue weighted by atomic mass is 10.0. The third kappa shape index (κ3) is 5.88. The molecule has 0 fully saturated rings. The normalized spacial score (nSPS) is 11.1. The summed E-state index contributed by atoms with van der Waals surface area (Å²) in [4.78, 5) is 24.3. The standard InChI is InChI=1S/C21H25ClN2O2/c1-4-21(2,3)24-20(26)16-9-12-17(13-10-16)23-19(25)14-11-15-7-5-6-8-18(15)22/h5-10,12-13H,4,11,14H2,1-3H3,(H,23,25)(H,24,26). The minimum atomic E-state index is -0.247. The van der Waals surface area contributed by atoms with Crippen LogP contribution in [0, 0.1) is 0 Å². The summed E-state index contributed by atoms with van der Waals surface area (Å²) in [5.41, 5.74) is 1.94. The second-order valence-corrected chi connectivity index (χ2v) is 7.32. The first kappa shape index (κ1) is 20.0. The van der Waals surface area contributed by atoms with Gasteiger partial charge in [-0.2, -0.15) is 0 Å². The molecule has 0 saturated heterocycles. The molecule has 0 unspecified atom stereocenters. The number of carbonyl (C=O) groups excluding carboxylic acids is 2. The smallest absolute Gasteiger partial charge is 0.251 e. The molecule has 0 aliphatic heterocycles. The average Bonchev–Trinajstić information content (AvgIpc) is 2.61. The van der Waals surface area contributed by atoms with E-state index in [0.717, 1.165) is 12.0 Å². The molecular weight excluding hydrogens is 348 g/mol. The number of carbonyl (C=O) groups is 2. The minimum Gasteiger partial charge on any atom is -0.347 e. The predicted octanol–water partition coefficient (Wildman–Crippen LogP) is 4.83. The summed E-state index contributed by atoms with van der Waals surface area (Å²) in [5.74, 6) is -0.206. The Balaban J connectivity index is 1.89. The Labute approximate surface area is 159 Å². The van der Waals surface area contributed by atoms with Gasteiger partial charge in [0.2, 0.25) is 5.91 Å². The fraction of sp³-hybridized carbons (Fsp3) is 0.333. The monoisotopic (exact) mass is 372 g/mol. The highest BCUT2D eigenvalue weighted by Crippen LogP contribution is 2.17. The zero-order chi connectivity index (χ0) is 19.2. The Bertz CT molecular complexity index is 770. The summed E-state index contributed by atoms with van der Waals surface area (Å²) < 4.78 is 0. The minimum absolute atomic E-state index is 0.0887. The molecule has 2 aromatic carbocycles. The van der Waals surface area contributed by atoms with E-state index in [1.54, 1.807) is 24.3 Å². The van der Waals surface area contributed by atoms with Gasteiger partial charge in [-0.15, -0.1) is 0 Å². The van der Waals surface area contributed by atoms with Crippen LogP contribution in [-0.2, 0) is 11.2 Å². The van der Waals surface area contributed by atoms with Crippen molar-refractivity contribution in [3.63, 3.8) is 0 Å². The summed E-state index contributed by atoms with van der Waals surface area (Å²) in [7, 11) is 0. The van der Waals surface area contributed by atoms with Gasteiger partial charge in [-0.1, -0.05) is 36.7 Å². The molecule has 2 amide bonds. The topological polar surface area (TPSA) is 58.2 Å². The van der Waals surface area contributed by atoms with Crippen molar-refractivity contribution in [2.45, 2.75) is 45.6 Å². The zero-order valence-electron chi connectivity index (χ0n) is 15.4. The summed E-state index contributed by atoms with van der Waals surface area (Å²) in [5, 5.41) is 6.50. The van der Waals surface area contributed by atoms with Crippen LogP contribution >= 0.6 is 11.6 Å². The number of hydrogen-bond donors (Lipinski definition) is 2. The second-order valence-electron chi connectivity index (χ2n) is 6.91. The first-order chi connectivity index (χ1) is 12.3. The van der Waals surface area contributed by atoms with Crippen LogP contribution in [0.5, 0.6) is 0 Å². The molecule has 138 valence electrons. The Morgan fingerprint density at radius 1 is 1.04 bits per heavy atom. The van der Waals surface area contributed by atoms with Crippen LogP contribution in [0.2, 0.25) is 5.02 Å². The number of anilines is 1. The number of hydrogen-bond acceptors (Lipinski definition) is 2. The number of benzene rings is 2. The lowest BCUT2D eigenvalue weighted by Crippen LogP contribution is -2.42. The van der Waals surface area contributed by atoms with Crippen LogP contribution < -0.4 is 10.6 Å². The Kier molecular flexibility index (Phi) is 6.81. The van der Waals surface area contributed by atoms with Gasteiger partial charge in [-0.25, -0.2) is 0 Å². The lowest BCUT2D eigenvalue weighted by Gasteiger charge is -2.24. The highest BCUT2D eigenvalue weighted by atomic mass is 35.5. The summed E-state index contributed by atoms with van der Waals surface area (Å²) in [6.45, 7) is 6.00. The zero-order valence-corrected chi connectivity index (χ0v) is 16.2. The average molecular weight is 373 g/mol. The van der Waals surface area contributed by atoms with Crippen LogP contribution in [0.4, 0.5) is 5.69 Å². The molecule has 26 heavy (non-hydrogen) atoms. The lowest BCUT2D eigenvalue weighted by molar-refractivity contribution is -0.116. The van der Waals surface area contributed by atoms with Gasteiger partial charge < -0.3 is 10.6 Å². The van der Waals surface area contributed by atoms with Gasteiger partial charge in [0.05, 0.1) is 0 Å². The van der Waals surface area contributed by atoms with E-state index in [1.165, 1.54) is 0 Å². The molecule has 0 atom stereocenters. The fourth-order valence-corrected chi connectivity index (χ4v) is 2.58. The first-order valence-electron chi connectivity index (χ1n) is 8.76. The Hall–Kier alpha value is -2.33. The molecule has 5 heteroatoms. The van der Waals surface area contributed by atoms with Gasteiger partial charge in [-0.3, -0.25) is 9.59 Å². The molecule has 2 N–H and O–H groups in total. The van der Waals surface area contributed by atoms with Crippen LogP contribution in [0.3, 0.4) is 0 Å². The molecule has 2 aromatic rings. The molecule has 2 rings (SSSR count). The van der Waals surface area contributed by atoms with E-state index in [0.29, 0.717) is 29.1 Å². The summed E-state index contributed by atoms with van der Waals surface area (Å²) in [6.07, 6.45) is 1.77. The molecular formula is C21H25ClN2O2. The van der Waals surface area contributed by atoms with E-state index in [1.807, 2.05) is 45.0 Å². The quantitative estimate of drug-likeness (QED) is 0.731. The van der Waals surface area contributed by atoms with Crippen molar-refractivity contribution < 1.29 is 9.59 Å². The maximum Gasteiger partial charge on any atom is 0.251 e. The maximum atomic E-state index is 12.2. The SMILES string of the molecule is CCC(C)(C)NC(=O)c1ccc(NC(=O)CCc2ccccc2Cl)cc1. The number of halogens is 1. The van der Waals surface area contributed by atoms with Crippen molar-refractivity contribution >= 4 is 29.1 Å². The van der Waals surface area contributed by atoms with Gasteiger partial charge in [0.15, 0.2) is 0 Å². The van der Waals surface area contributed by atoms with E-state index in [-0.39, 0.29) is 17.4 Å². The van der Waals surface area contributed by atoms with Gasteiger partial charge in [-0.05, 0) is 62.6 Å². The second kappa shape index (κ2) is 8.86. The summed E-state index contributed by atoms with van der Waals surface area (Å²) >= 11 is 6.10. The molecule has 0 aliphatic rings. The Morgan fingerprint density at radius 3 is 2.31 bits per heavy atom. The van der Waals surface area contributed by atoms with Crippen molar-refractivity contribution in [2.75, 3.05) is 5.32 Å². The third-order valence-electron chi connectivity index (χ3n) is 4.35. The van der Waals surface area contributed by atoms with Gasteiger partial charge in [0, 0.05) is 28.2 Å². The van der Waals surface area contributed by atoms with Crippen molar-refractivity contribution in [1.29, 1.82) is 0 Å². The highest BCUT2D eigenvalue weighted by Gasteiger charge is 2.18. The molecule has 0 aliphatic carbocycles. The van der Waals surface area contributed by atoms with Crippen molar-refractivity contribution in [3.8, 4) is 0 Å². The molecule has 0 radical (unpaired) electrons. The fourth-order valence-electron chi connectivity index (χ4n) is 2.35. The van der Waals surface area contributed by atoms with E-state index >= 15 is 0 Å². The number of aryl methyl sites for hydroxylation is 1. The molecule has 4 nitrogen and oxygen atoms in total. The van der Waals surface area contributed by atoms with Crippen LogP contribution in [-0.4, -0.2) is 17.4 Å². The van der Waals surface area contributed by atoms with Crippen LogP contribution in [0.1, 0.15) is 49.5 Å². The van der Waals surface area contributed by atoms with Crippen molar-refractivity contribution in [2.24, 2.45) is 0 Å². The van der Waals surface area contributed by atoms with Crippen molar-refractivity contribution in [1.82, 2.24) is 5.32 Å². The molecule has 0 spiro atoms. The Morgan fingerprint density at radius 2 is 1.69 bits per heavy atom. The van der Waals surface area contributed by atoms with E-state index in [2.05, 4.69) is 10.6 Å². The maximum absolute atomic E-state index is 12.2. The van der Waals surface area contributed by atoms with Crippen LogP contribution in [0.25, 0.3) is 0 Å². The van der Waals surface area contributed by atoms with Crippen molar-refractivity contribution in [3.05, 3.63) is 64.7 Å². The molecule has 0 bridgehead atoms. The first-order valence-corrected chi connectivity index (χ1v) is 9.14. The van der Waals surface area contributed by atoms with E-state index in [4.69, 9.17) is 11.6 Å². The highest BCUT2D eigenvalue weighted by molar-refractivity contribution is 6.31.